The number of amides is 2. The molecule has 1 fully saturated rings. The van der Waals surface area contributed by atoms with Crippen molar-refractivity contribution in [3.05, 3.63) is 12.3 Å². The van der Waals surface area contributed by atoms with Gasteiger partial charge in [-0.1, -0.05) is 6.58 Å². The van der Waals surface area contributed by atoms with Crippen molar-refractivity contribution in [1.82, 2.24) is 10.2 Å². The van der Waals surface area contributed by atoms with Crippen LogP contribution in [0.2, 0.25) is 0 Å². The number of ether oxygens (including phenoxy) is 2. The largest absolute Gasteiger partial charge is 0.444 e. The number of piperidine rings is 1. The first kappa shape index (κ1) is 16.3. The monoisotopic (exact) mass is 284 g/mol. The molecule has 6 nitrogen and oxygen atoms in total. The highest BCUT2D eigenvalue weighted by Gasteiger charge is 2.27. The molecular formula is C14H24N2O4. The maximum Gasteiger partial charge on any atom is 0.412 e. The fraction of sp³-hybridized carbons (Fsp3) is 0.714. The van der Waals surface area contributed by atoms with Crippen molar-refractivity contribution in [3.63, 3.8) is 0 Å². The Morgan fingerprint density at radius 2 is 1.80 bits per heavy atom. The molecule has 0 aromatic rings. The van der Waals surface area contributed by atoms with E-state index in [1.165, 1.54) is 0 Å². The fourth-order valence-electron chi connectivity index (χ4n) is 1.89. The number of allylic oxidation sites excluding steroid dienone is 1. The molecule has 0 bridgehead atoms. The van der Waals surface area contributed by atoms with Crippen LogP contribution in [0.1, 0.15) is 40.5 Å². The standard InChI is InChI=1S/C14H24N2O4/c1-10(2)19-12(17)15-11-6-8-16(9-7-11)13(18)20-14(3,4)5/h11H,1,6-9H2,2-5H3,(H,15,17). The highest BCUT2D eigenvalue weighted by atomic mass is 16.6. The molecule has 1 aliphatic heterocycles. The molecule has 1 N–H and O–H groups in total. The molecule has 2 amide bonds. The predicted octanol–water partition coefficient (Wildman–Crippen LogP) is 2.65. The maximum atomic E-state index is 11.9. The van der Waals surface area contributed by atoms with E-state index in [1.54, 1.807) is 11.8 Å². The van der Waals surface area contributed by atoms with E-state index in [4.69, 9.17) is 9.47 Å². The van der Waals surface area contributed by atoms with Crippen LogP contribution >= 0.6 is 0 Å². The Bertz CT molecular complexity index is 379. The van der Waals surface area contributed by atoms with Crippen LogP contribution in [0.3, 0.4) is 0 Å². The minimum absolute atomic E-state index is 0.0144. The van der Waals surface area contributed by atoms with Crippen molar-refractivity contribution in [2.24, 2.45) is 0 Å². The van der Waals surface area contributed by atoms with Crippen molar-refractivity contribution >= 4 is 12.2 Å². The third kappa shape index (κ3) is 5.95. The van der Waals surface area contributed by atoms with Gasteiger partial charge >= 0.3 is 12.2 Å². The summed E-state index contributed by atoms with van der Waals surface area (Å²) in [5.74, 6) is 0.355. The summed E-state index contributed by atoms with van der Waals surface area (Å²) in [7, 11) is 0. The lowest BCUT2D eigenvalue weighted by Gasteiger charge is -2.33. The van der Waals surface area contributed by atoms with Gasteiger partial charge in [0.05, 0.1) is 5.76 Å². The van der Waals surface area contributed by atoms with E-state index >= 15 is 0 Å². The molecule has 20 heavy (non-hydrogen) atoms. The Morgan fingerprint density at radius 3 is 2.25 bits per heavy atom. The number of carbonyl (C=O) groups is 2. The van der Waals surface area contributed by atoms with E-state index in [0.717, 1.165) is 0 Å². The zero-order valence-electron chi connectivity index (χ0n) is 12.7. The zero-order valence-corrected chi connectivity index (χ0v) is 12.7. The van der Waals surface area contributed by atoms with Crippen LogP contribution in [0, 0.1) is 0 Å². The van der Waals surface area contributed by atoms with E-state index in [0.29, 0.717) is 31.7 Å². The predicted molar refractivity (Wildman–Crippen MR) is 75.3 cm³/mol. The van der Waals surface area contributed by atoms with Crippen LogP contribution in [-0.4, -0.2) is 41.8 Å². The second-order valence-electron chi connectivity index (χ2n) is 5.98. The first-order chi connectivity index (χ1) is 9.17. The summed E-state index contributed by atoms with van der Waals surface area (Å²) in [5, 5.41) is 2.76. The van der Waals surface area contributed by atoms with Gasteiger partial charge in [0.2, 0.25) is 0 Å². The fourth-order valence-corrected chi connectivity index (χ4v) is 1.89. The molecule has 1 saturated heterocycles. The maximum absolute atomic E-state index is 11.9. The molecule has 1 aliphatic rings. The molecule has 0 aliphatic carbocycles. The Hall–Kier alpha value is -1.72. The van der Waals surface area contributed by atoms with Crippen molar-refractivity contribution < 1.29 is 19.1 Å². The summed E-state index contributed by atoms with van der Waals surface area (Å²) in [6.07, 6.45) is 0.573. The highest BCUT2D eigenvalue weighted by Crippen LogP contribution is 2.15. The third-order valence-electron chi connectivity index (χ3n) is 2.74. The second kappa shape index (κ2) is 6.63. The molecule has 0 radical (unpaired) electrons. The Labute approximate surface area is 120 Å². The van der Waals surface area contributed by atoms with Gasteiger partial charge in [-0.05, 0) is 40.5 Å². The number of rotatable bonds is 2. The number of likely N-dealkylation sites (tertiary alicyclic amines) is 1. The highest BCUT2D eigenvalue weighted by molar-refractivity contribution is 5.69. The molecule has 0 unspecified atom stereocenters. The van der Waals surface area contributed by atoms with Crippen LogP contribution < -0.4 is 5.32 Å². The number of hydrogen-bond acceptors (Lipinski definition) is 4. The van der Waals surface area contributed by atoms with Crippen molar-refractivity contribution in [2.45, 2.75) is 52.2 Å². The zero-order chi connectivity index (χ0) is 15.3. The number of carbonyl (C=O) groups excluding carboxylic acids is 2. The summed E-state index contributed by atoms with van der Waals surface area (Å²) in [4.78, 5) is 25.0. The lowest BCUT2D eigenvalue weighted by molar-refractivity contribution is 0.0200. The van der Waals surface area contributed by atoms with Gasteiger partial charge in [-0.25, -0.2) is 9.59 Å². The molecule has 1 heterocycles. The molecule has 0 atom stereocenters. The molecule has 0 aromatic heterocycles. The quantitative estimate of drug-likeness (QED) is 0.792. The number of nitrogens with one attached hydrogen (secondary N) is 1. The number of nitrogens with zero attached hydrogens (tertiary/aromatic N) is 1. The van der Waals surface area contributed by atoms with Gasteiger partial charge in [0.25, 0.3) is 0 Å². The SMILES string of the molecule is C=C(C)OC(=O)NC1CCN(C(=O)OC(C)(C)C)CC1. The van der Waals surface area contributed by atoms with Crippen LogP contribution in [-0.2, 0) is 9.47 Å². The van der Waals surface area contributed by atoms with Crippen molar-refractivity contribution in [3.8, 4) is 0 Å². The third-order valence-corrected chi connectivity index (χ3v) is 2.74. The Morgan fingerprint density at radius 1 is 1.25 bits per heavy atom. The molecule has 6 heteroatoms. The van der Waals surface area contributed by atoms with Gasteiger partial charge < -0.3 is 19.7 Å². The summed E-state index contributed by atoms with van der Waals surface area (Å²) >= 11 is 0. The normalized spacial score (nSPS) is 16.5. The van der Waals surface area contributed by atoms with Gasteiger partial charge in [0.1, 0.15) is 5.60 Å². The van der Waals surface area contributed by atoms with Crippen LogP contribution in [0.5, 0.6) is 0 Å². The van der Waals surface area contributed by atoms with Crippen LogP contribution in [0.4, 0.5) is 9.59 Å². The van der Waals surface area contributed by atoms with Gasteiger partial charge in [0.15, 0.2) is 0 Å². The summed E-state index contributed by atoms with van der Waals surface area (Å²) in [5.41, 5.74) is -0.489. The van der Waals surface area contributed by atoms with Crippen LogP contribution in [0.15, 0.2) is 12.3 Å². The first-order valence-corrected chi connectivity index (χ1v) is 6.79. The van der Waals surface area contributed by atoms with Crippen molar-refractivity contribution in [2.75, 3.05) is 13.1 Å². The minimum Gasteiger partial charge on any atom is -0.444 e. The average Bonchev–Trinajstić information content (AvgIpc) is 2.26. The van der Waals surface area contributed by atoms with Gasteiger partial charge in [-0.15, -0.1) is 0 Å². The summed E-state index contributed by atoms with van der Waals surface area (Å²) in [6.45, 7) is 11.8. The lowest BCUT2D eigenvalue weighted by atomic mass is 10.1. The van der Waals surface area contributed by atoms with Crippen LogP contribution in [0.25, 0.3) is 0 Å². The van der Waals surface area contributed by atoms with Gasteiger partial charge in [0, 0.05) is 19.1 Å². The molecule has 0 saturated carbocycles. The molecule has 0 spiro atoms. The van der Waals surface area contributed by atoms with E-state index in [1.807, 2.05) is 20.8 Å². The Balaban J connectivity index is 2.35. The second-order valence-corrected chi connectivity index (χ2v) is 5.98. The average molecular weight is 284 g/mol. The Kier molecular flexibility index (Phi) is 5.42. The molecule has 0 aromatic carbocycles. The summed E-state index contributed by atoms with van der Waals surface area (Å²) < 4.78 is 10.2. The molecular weight excluding hydrogens is 260 g/mol. The number of hydrogen-bond donors (Lipinski definition) is 1. The topological polar surface area (TPSA) is 67.9 Å². The molecule has 114 valence electrons. The van der Waals surface area contributed by atoms with E-state index in [9.17, 15) is 9.59 Å². The van der Waals surface area contributed by atoms with Gasteiger partial charge in [-0.3, -0.25) is 0 Å². The smallest absolute Gasteiger partial charge is 0.412 e. The van der Waals surface area contributed by atoms with E-state index in [-0.39, 0.29) is 12.1 Å². The first-order valence-electron chi connectivity index (χ1n) is 6.79. The van der Waals surface area contributed by atoms with E-state index < -0.39 is 11.7 Å². The van der Waals surface area contributed by atoms with Crippen molar-refractivity contribution in [1.29, 1.82) is 0 Å². The molecule has 1 rings (SSSR count). The lowest BCUT2D eigenvalue weighted by Crippen LogP contribution is -2.47. The minimum atomic E-state index is -0.492. The number of alkyl carbamates (subject to hydrolysis) is 1. The summed E-state index contributed by atoms with van der Waals surface area (Å²) in [6, 6.07) is 0.0144. The van der Waals surface area contributed by atoms with Gasteiger partial charge in [-0.2, -0.15) is 0 Å². The van der Waals surface area contributed by atoms with E-state index in [2.05, 4.69) is 11.9 Å².